The number of hydrogen-bond donors (Lipinski definition) is 1. The molecule has 1 aliphatic heterocycles. The number of nitrogens with zero attached hydrogens (tertiary/aromatic N) is 1. The maximum absolute atomic E-state index is 12.4. The maximum atomic E-state index is 12.4. The second-order valence-corrected chi connectivity index (χ2v) is 7.62. The number of nitrogens with one attached hydrogen (secondary N) is 1. The van der Waals surface area contributed by atoms with Gasteiger partial charge in [0, 0.05) is 24.6 Å². The Bertz CT molecular complexity index is 636. The topological polar surface area (TPSA) is 58.6 Å². The number of hydrogen-bond acceptors (Lipinski definition) is 3. The largest absolute Gasteiger partial charge is 0.444 e. The number of carbonyl (C=O) groups excluding carboxylic acids is 2. The van der Waals surface area contributed by atoms with Crippen molar-refractivity contribution in [3.05, 3.63) is 29.8 Å². The van der Waals surface area contributed by atoms with Crippen molar-refractivity contribution in [1.29, 1.82) is 0 Å². The lowest BCUT2D eigenvalue weighted by Gasteiger charge is -2.46. The molecule has 1 aliphatic rings. The summed E-state index contributed by atoms with van der Waals surface area (Å²) in [7, 11) is 0. The van der Waals surface area contributed by atoms with Gasteiger partial charge in [-0.15, -0.1) is 0 Å². The molecule has 25 heavy (non-hydrogen) atoms. The van der Waals surface area contributed by atoms with Crippen LogP contribution < -0.4 is 10.2 Å². The number of rotatable bonds is 3. The molecule has 0 aromatic heterocycles. The Morgan fingerprint density at radius 3 is 2.32 bits per heavy atom. The van der Waals surface area contributed by atoms with Gasteiger partial charge in [-0.1, -0.05) is 32.0 Å². The molecule has 5 heteroatoms. The number of carbonyl (C=O) groups is 2. The van der Waals surface area contributed by atoms with E-state index in [-0.39, 0.29) is 23.9 Å². The van der Waals surface area contributed by atoms with Gasteiger partial charge >= 0.3 is 6.09 Å². The summed E-state index contributed by atoms with van der Waals surface area (Å²) < 4.78 is 5.46. The van der Waals surface area contributed by atoms with Crippen molar-refractivity contribution >= 4 is 17.7 Å². The number of alkyl carbamates (subject to hydrolysis) is 1. The maximum Gasteiger partial charge on any atom is 0.408 e. The minimum atomic E-state index is -0.546. The molecular formula is C20H30N2O3. The first-order valence-corrected chi connectivity index (χ1v) is 9.07. The van der Waals surface area contributed by atoms with Crippen LogP contribution in [0.5, 0.6) is 0 Å². The Morgan fingerprint density at radius 1 is 1.16 bits per heavy atom. The lowest BCUT2D eigenvalue weighted by Crippen LogP contribution is -2.52. The van der Waals surface area contributed by atoms with Crippen LogP contribution in [0.4, 0.5) is 10.5 Å². The van der Waals surface area contributed by atoms with Crippen LogP contribution in [0.2, 0.25) is 0 Å². The number of ether oxygens (including phenoxy) is 1. The highest BCUT2D eigenvalue weighted by atomic mass is 16.6. The zero-order chi connectivity index (χ0) is 18.8. The van der Waals surface area contributed by atoms with E-state index in [9.17, 15) is 9.59 Å². The molecule has 2 rings (SSSR count). The van der Waals surface area contributed by atoms with E-state index in [1.807, 2.05) is 49.9 Å². The summed E-state index contributed by atoms with van der Waals surface area (Å²) in [5.74, 6) is 0.171. The third-order valence-corrected chi connectivity index (χ3v) is 4.69. The van der Waals surface area contributed by atoms with Gasteiger partial charge in [-0.2, -0.15) is 0 Å². The minimum Gasteiger partial charge on any atom is -0.444 e. The minimum absolute atomic E-state index is 0.0356. The zero-order valence-corrected chi connectivity index (χ0v) is 16.1. The molecule has 0 fully saturated rings. The summed E-state index contributed by atoms with van der Waals surface area (Å²) in [5.41, 5.74) is 1.31. The van der Waals surface area contributed by atoms with Gasteiger partial charge in [0.15, 0.2) is 0 Å². The standard InChI is InChI=1S/C20H30N2O3/c1-7-14-16(8-2)22(13(3)23)17-12-10-9-11-15(17)18(14)21-19(24)25-20(4,5)6/h9-12,14,16,18H,7-8H2,1-6H3,(H,21,24)/t14?,16-,18+/m0/s1. The average Bonchev–Trinajstić information content (AvgIpc) is 2.51. The molecular weight excluding hydrogens is 316 g/mol. The molecule has 1 aromatic carbocycles. The molecule has 3 atom stereocenters. The van der Waals surface area contributed by atoms with Gasteiger partial charge in [0.2, 0.25) is 5.91 Å². The summed E-state index contributed by atoms with van der Waals surface area (Å²) in [6, 6.07) is 7.70. The second-order valence-electron chi connectivity index (χ2n) is 7.62. The van der Waals surface area contributed by atoms with Crippen molar-refractivity contribution in [2.75, 3.05) is 4.90 Å². The first-order valence-electron chi connectivity index (χ1n) is 9.07. The summed E-state index contributed by atoms with van der Waals surface area (Å²) in [5, 5.41) is 3.06. The first kappa shape index (κ1) is 19.3. The monoisotopic (exact) mass is 346 g/mol. The van der Waals surface area contributed by atoms with E-state index < -0.39 is 11.7 Å². The Morgan fingerprint density at radius 2 is 1.80 bits per heavy atom. The molecule has 1 N–H and O–H groups in total. The number of anilines is 1. The summed E-state index contributed by atoms with van der Waals surface area (Å²) in [6.07, 6.45) is 1.27. The van der Waals surface area contributed by atoms with Crippen LogP contribution in [0, 0.1) is 5.92 Å². The van der Waals surface area contributed by atoms with E-state index in [4.69, 9.17) is 4.74 Å². The summed E-state index contributed by atoms with van der Waals surface area (Å²) >= 11 is 0. The van der Waals surface area contributed by atoms with Gasteiger partial charge in [-0.25, -0.2) is 4.79 Å². The van der Waals surface area contributed by atoms with E-state index in [0.29, 0.717) is 0 Å². The van der Waals surface area contributed by atoms with Gasteiger partial charge in [0.25, 0.3) is 0 Å². The van der Waals surface area contributed by atoms with Crippen LogP contribution in [-0.2, 0) is 9.53 Å². The van der Waals surface area contributed by atoms with Crippen molar-refractivity contribution in [1.82, 2.24) is 5.32 Å². The molecule has 0 aliphatic carbocycles. The SMILES string of the molecule is CCC1[C@@H](NC(=O)OC(C)(C)C)c2ccccc2N(C(C)=O)[C@H]1CC. The molecule has 0 spiro atoms. The number of benzene rings is 1. The molecule has 2 amide bonds. The Hall–Kier alpha value is -2.04. The lowest BCUT2D eigenvalue weighted by molar-refractivity contribution is -0.117. The highest BCUT2D eigenvalue weighted by molar-refractivity contribution is 5.94. The first-order chi connectivity index (χ1) is 11.7. The van der Waals surface area contributed by atoms with Gasteiger partial charge < -0.3 is 15.0 Å². The van der Waals surface area contributed by atoms with E-state index in [0.717, 1.165) is 24.1 Å². The van der Waals surface area contributed by atoms with Gasteiger partial charge in [0.1, 0.15) is 5.60 Å². The fraction of sp³-hybridized carbons (Fsp3) is 0.600. The quantitative estimate of drug-likeness (QED) is 0.881. The third kappa shape index (κ3) is 4.14. The van der Waals surface area contributed by atoms with Crippen LogP contribution in [0.15, 0.2) is 24.3 Å². The molecule has 0 saturated heterocycles. The Kier molecular flexibility index (Phi) is 5.76. The molecule has 0 bridgehead atoms. The summed E-state index contributed by atoms with van der Waals surface area (Å²) in [4.78, 5) is 26.6. The van der Waals surface area contributed by atoms with Crippen LogP contribution in [-0.4, -0.2) is 23.6 Å². The van der Waals surface area contributed by atoms with Crippen molar-refractivity contribution in [2.24, 2.45) is 5.92 Å². The van der Waals surface area contributed by atoms with Gasteiger partial charge in [-0.05, 0) is 45.2 Å². The Labute approximate surface area is 150 Å². The predicted octanol–water partition coefficient (Wildman–Crippen LogP) is 4.42. The smallest absolute Gasteiger partial charge is 0.408 e. The number of fused-ring (bicyclic) bond motifs is 1. The van der Waals surface area contributed by atoms with E-state index >= 15 is 0 Å². The molecule has 5 nitrogen and oxygen atoms in total. The fourth-order valence-electron chi connectivity index (χ4n) is 3.81. The third-order valence-electron chi connectivity index (χ3n) is 4.69. The van der Waals surface area contributed by atoms with Crippen molar-refractivity contribution in [2.45, 2.75) is 72.1 Å². The average molecular weight is 346 g/mol. The lowest BCUT2D eigenvalue weighted by atomic mass is 9.78. The van der Waals surface area contributed by atoms with Crippen LogP contribution in [0.25, 0.3) is 0 Å². The second kappa shape index (κ2) is 7.46. The van der Waals surface area contributed by atoms with Crippen LogP contribution in [0.3, 0.4) is 0 Å². The fourth-order valence-corrected chi connectivity index (χ4v) is 3.81. The molecule has 138 valence electrons. The van der Waals surface area contributed by atoms with E-state index in [1.165, 1.54) is 0 Å². The molecule has 0 radical (unpaired) electrons. The molecule has 1 unspecified atom stereocenters. The highest BCUT2D eigenvalue weighted by Gasteiger charge is 2.41. The van der Waals surface area contributed by atoms with Gasteiger partial charge in [-0.3, -0.25) is 4.79 Å². The predicted molar refractivity (Wildman–Crippen MR) is 99.6 cm³/mol. The summed E-state index contributed by atoms with van der Waals surface area (Å²) in [6.45, 7) is 11.3. The number of para-hydroxylation sites is 1. The number of amides is 2. The van der Waals surface area contributed by atoms with Gasteiger partial charge in [0.05, 0.1) is 6.04 Å². The molecule has 0 saturated carbocycles. The van der Waals surface area contributed by atoms with E-state index in [1.54, 1.807) is 6.92 Å². The van der Waals surface area contributed by atoms with Crippen LogP contribution >= 0.6 is 0 Å². The van der Waals surface area contributed by atoms with E-state index in [2.05, 4.69) is 19.2 Å². The zero-order valence-electron chi connectivity index (χ0n) is 16.1. The molecule has 1 aromatic rings. The normalized spacial score (nSPS) is 23.0. The molecule has 1 heterocycles. The van der Waals surface area contributed by atoms with Crippen molar-refractivity contribution in [3.63, 3.8) is 0 Å². The Balaban J connectivity index is 2.44. The van der Waals surface area contributed by atoms with Crippen molar-refractivity contribution < 1.29 is 14.3 Å². The highest BCUT2D eigenvalue weighted by Crippen LogP contribution is 2.43. The van der Waals surface area contributed by atoms with Crippen molar-refractivity contribution in [3.8, 4) is 0 Å². The van der Waals surface area contributed by atoms with Crippen LogP contribution in [0.1, 0.15) is 66.0 Å².